The van der Waals surface area contributed by atoms with Gasteiger partial charge in [0.2, 0.25) is 0 Å². The van der Waals surface area contributed by atoms with Crippen molar-refractivity contribution < 1.29 is 4.55 Å². The molecule has 0 aliphatic heterocycles. The first-order valence-electron chi connectivity index (χ1n) is 6.01. The molecule has 0 rings (SSSR count). The molecule has 15 heavy (non-hydrogen) atoms. The third-order valence-electron chi connectivity index (χ3n) is 2.58. The van der Waals surface area contributed by atoms with Gasteiger partial charge in [-0.05, 0) is 37.6 Å². The molecular formula is C11H25NOS2. The molecule has 0 spiro atoms. The summed E-state index contributed by atoms with van der Waals surface area (Å²) in [5, 5.41) is 0.907. The van der Waals surface area contributed by atoms with Gasteiger partial charge in [-0.2, -0.15) is 0 Å². The van der Waals surface area contributed by atoms with Gasteiger partial charge in [0.25, 0.3) is 0 Å². The van der Waals surface area contributed by atoms with Crippen LogP contribution >= 0.6 is 11.9 Å². The average Bonchev–Trinajstić information content (AvgIpc) is 2.26. The lowest BCUT2D eigenvalue weighted by Gasteiger charge is -2.21. The monoisotopic (exact) mass is 251 g/mol. The van der Waals surface area contributed by atoms with Crippen LogP contribution in [-0.2, 0) is 11.4 Å². The van der Waals surface area contributed by atoms with Crippen LogP contribution in [0, 0.1) is 0 Å². The Hall–Kier alpha value is 0.620. The number of nitrogens with one attached hydrogen (secondary N) is 1. The molecule has 1 N–H and O–H groups in total. The number of rotatable bonds is 9. The largest absolute Gasteiger partial charge is 0.597 e. The molecule has 0 radical (unpaired) electrons. The zero-order chi connectivity index (χ0) is 11.7. The van der Waals surface area contributed by atoms with Gasteiger partial charge in [0, 0.05) is 5.25 Å². The summed E-state index contributed by atoms with van der Waals surface area (Å²) in [6.07, 6.45) is 5.43. The van der Waals surface area contributed by atoms with Gasteiger partial charge in [-0.3, -0.25) is 0 Å². The van der Waals surface area contributed by atoms with Crippen LogP contribution in [0.1, 0.15) is 59.8 Å². The lowest BCUT2D eigenvalue weighted by Crippen LogP contribution is -2.31. The van der Waals surface area contributed by atoms with Crippen molar-refractivity contribution >= 4 is 23.3 Å². The Kier molecular flexibility index (Phi) is 10.2. The first-order valence-corrected chi connectivity index (χ1v) is 8.10. The molecule has 0 heterocycles. The fraction of sp³-hybridized carbons (Fsp3) is 1.00. The quantitative estimate of drug-likeness (QED) is 0.502. The second kappa shape index (κ2) is 9.82. The predicted molar refractivity (Wildman–Crippen MR) is 72.2 cm³/mol. The molecule has 0 amide bonds. The van der Waals surface area contributed by atoms with Crippen molar-refractivity contribution in [2.24, 2.45) is 0 Å². The summed E-state index contributed by atoms with van der Waals surface area (Å²) >= 11 is 0.781. The molecule has 0 fully saturated rings. The van der Waals surface area contributed by atoms with Crippen LogP contribution < -0.4 is 4.13 Å². The Bertz CT molecular complexity index is 143. The molecule has 0 aliphatic carbocycles. The molecule has 2 unspecified atom stereocenters. The second-order valence-electron chi connectivity index (χ2n) is 3.76. The van der Waals surface area contributed by atoms with E-state index in [2.05, 4.69) is 31.8 Å². The molecule has 2 nitrogen and oxygen atoms in total. The maximum absolute atomic E-state index is 11.9. The normalized spacial score (nSPS) is 15.6. The van der Waals surface area contributed by atoms with Crippen molar-refractivity contribution in [1.29, 1.82) is 0 Å². The lowest BCUT2D eigenvalue weighted by molar-refractivity contribution is 0.561. The van der Waals surface area contributed by atoms with E-state index in [0.29, 0.717) is 10.5 Å². The maximum atomic E-state index is 11.9. The topological polar surface area (TPSA) is 35.1 Å². The van der Waals surface area contributed by atoms with Crippen LogP contribution in [0.4, 0.5) is 0 Å². The van der Waals surface area contributed by atoms with Crippen molar-refractivity contribution in [3.63, 3.8) is 0 Å². The summed E-state index contributed by atoms with van der Waals surface area (Å²) in [5.74, 6) is 0. The Morgan fingerprint density at radius 1 is 1.13 bits per heavy atom. The van der Waals surface area contributed by atoms with Gasteiger partial charge in [-0.1, -0.05) is 38.2 Å². The van der Waals surface area contributed by atoms with Crippen LogP contribution in [0.2, 0.25) is 0 Å². The molecule has 0 aromatic rings. The van der Waals surface area contributed by atoms with Gasteiger partial charge >= 0.3 is 0 Å². The molecule has 0 bridgehead atoms. The summed E-state index contributed by atoms with van der Waals surface area (Å²) in [6, 6.07) is 0. The SMILES string of the molecule is CCCC(CC)[S+]([O-])NSC(CC)CC. The van der Waals surface area contributed by atoms with Gasteiger partial charge in [0.1, 0.15) is 5.25 Å². The van der Waals surface area contributed by atoms with Gasteiger partial charge in [-0.25, -0.2) is 0 Å². The van der Waals surface area contributed by atoms with Gasteiger partial charge in [0.05, 0.1) is 11.4 Å². The van der Waals surface area contributed by atoms with Crippen molar-refractivity contribution in [2.45, 2.75) is 70.3 Å². The smallest absolute Gasteiger partial charge is 0.136 e. The van der Waals surface area contributed by atoms with E-state index in [4.69, 9.17) is 0 Å². The van der Waals surface area contributed by atoms with Crippen molar-refractivity contribution in [3.05, 3.63) is 0 Å². The highest BCUT2D eigenvalue weighted by Crippen LogP contribution is 2.19. The molecule has 0 aliphatic rings. The van der Waals surface area contributed by atoms with E-state index in [9.17, 15) is 4.55 Å². The fourth-order valence-corrected chi connectivity index (χ4v) is 3.98. The Balaban J connectivity index is 3.82. The summed E-state index contributed by atoms with van der Waals surface area (Å²) < 4.78 is 15.0. The van der Waals surface area contributed by atoms with Crippen LogP contribution in [0.15, 0.2) is 0 Å². The van der Waals surface area contributed by atoms with Gasteiger partial charge < -0.3 is 4.55 Å². The fourth-order valence-electron chi connectivity index (χ4n) is 1.42. The molecule has 0 saturated heterocycles. The van der Waals surface area contributed by atoms with Crippen LogP contribution in [0.5, 0.6) is 0 Å². The number of hydrogen-bond donors (Lipinski definition) is 1. The van der Waals surface area contributed by atoms with Crippen molar-refractivity contribution in [2.75, 3.05) is 0 Å². The minimum absolute atomic E-state index is 0.317. The lowest BCUT2D eigenvalue weighted by atomic mass is 10.2. The summed E-state index contributed by atoms with van der Waals surface area (Å²) in [6.45, 7) is 8.61. The summed E-state index contributed by atoms with van der Waals surface area (Å²) in [7, 11) is 0. The van der Waals surface area contributed by atoms with Crippen LogP contribution in [-0.4, -0.2) is 15.1 Å². The van der Waals surface area contributed by atoms with E-state index in [1.807, 2.05) is 0 Å². The van der Waals surface area contributed by atoms with E-state index < -0.39 is 11.4 Å². The summed E-state index contributed by atoms with van der Waals surface area (Å²) in [4.78, 5) is 0. The second-order valence-corrected chi connectivity index (χ2v) is 6.59. The van der Waals surface area contributed by atoms with Crippen molar-refractivity contribution in [1.82, 2.24) is 4.13 Å². The van der Waals surface area contributed by atoms with E-state index in [1.165, 1.54) is 0 Å². The highest BCUT2D eigenvalue weighted by molar-refractivity contribution is 8.09. The zero-order valence-corrected chi connectivity index (χ0v) is 12.0. The predicted octanol–water partition coefficient (Wildman–Crippen LogP) is 3.66. The minimum Gasteiger partial charge on any atom is -0.597 e. The molecular weight excluding hydrogens is 226 g/mol. The van der Waals surface area contributed by atoms with E-state index >= 15 is 0 Å². The van der Waals surface area contributed by atoms with Crippen molar-refractivity contribution in [3.8, 4) is 0 Å². The average molecular weight is 251 g/mol. The van der Waals surface area contributed by atoms with Gasteiger partial charge in [-0.15, -0.1) is 0 Å². The molecule has 0 aromatic heterocycles. The highest BCUT2D eigenvalue weighted by atomic mass is 32.3. The minimum atomic E-state index is -0.869. The molecule has 0 saturated carbocycles. The zero-order valence-electron chi connectivity index (χ0n) is 10.4. The Morgan fingerprint density at radius 2 is 1.73 bits per heavy atom. The van der Waals surface area contributed by atoms with Crippen LogP contribution in [0.25, 0.3) is 0 Å². The molecule has 2 atom stereocenters. The van der Waals surface area contributed by atoms with E-state index in [1.54, 1.807) is 11.9 Å². The van der Waals surface area contributed by atoms with Gasteiger partial charge in [0.15, 0.2) is 0 Å². The standard InChI is InChI=1S/C11H25NOS2/c1-5-9-11(8-4)15(13)12-14-10(6-2)7-3/h10-12H,5-9H2,1-4H3. The molecule has 92 valence electrons. The first-order chi connectivity index (χ1) is 7.19. The first kappa shape index (κ1) is 15.6. The molecule has 4 heteroatoms. The molecule has 0 aromatic carbocycles. The van der Waals surface area contributed by atoms with Crippen LogP contribution in [0.3, 0.4) is 0 Å². The van der Waals surface area contributed by atoms with E-state index in [-0.39, 0.29) is 0 Å². The Morgan fingerprint density at radius 3 is 2.13 bits per heavy atom. The van der Waals surface area contributed by atoms with E-state index in [0.717, 1.165) is 32.1 Å². The number of hydrogen-bond acceptors (Lipinski definition) is 3. The third-order valence-corrected chi connectivity index (χ3v) is 5.79. The highest BCUT2D eigenvalue weighted by Gasteiger charge is 2.21. The Labute approximate surface area is 102 Å². The summed E-state index contributed by atoms with van der Waals surface area (Å²) in [5.41, 5.74) is 0. The third kappa shape index (κ3) is 6.72. The maximum Gasteiger partial charge on any atom is 0.136 e.